The average Bonchev–Trinajstić information content (AvgIpc) is 2.90. The highest BCUT2D eigenvalue weighted by Gasteiger charge is 2.18. The predicted octanol–water partition coefficient (Wildman–Crippen LogP) is 3.23. The second-order valence-electron chi connectivity index (χ2n) is 6.75. The van der Waals surface area contributed by atoms with Crippen LogP contribution in [-0.4, -0.2) is 45.2 Å². The lowest BCUT2D eigenvalue weighted by Crippen LogP contribution is -2.35. The molecule has 0 atom stereocenters. The zero-order valence-corrected chi connectivity index (χ0v) is 16.0. The number of rotatable bonds is 9. The zero-order valence-electron chi connectivity index (χ0n) is 16.0. The van der Waals surface area contributed by atoms with Crippen molar-refractivity contribution in [2.75, 3.05) is 19.7 Å². The molecule has 0 unspecified atom stereocenters. The number of aromatic nitrogens is 2. The van der Waals surface area contributed by atoms with E-state index in [2.05, 4.69) is 39.8 Å². The van der Waals surface area contributed by atoms with Gasteiger partial charge in [-0.15, -0.1) is 0 Å². The first-order valence-corrected chi connectivity index (χ1v) is 9.36. The number of aliphatic hydroxyl groups is 1. The van der Waals surface area contributed by atoms with Crippen molar-refractivity contribution in [3.05, 3.63) is 29.1 Å². The molecule has 1 aromatic carbocycles. The van der Waals surface area contributed by atoms with Gasteiger partial charge in [0.05, 0.1) is 11.0 Å². The number of nitrogens with zero attached hydrogens (tertiary/aromatic N) is 3. The Balaban J connectivity index is 2.39. The molecule has 5 heteroatoms. The Morgan fingerprint density at radius 3 is 2.40 bits per heavy atom. The summed E-state index contributed by atoms with van der Waals surface area (Å²) in [5, 5.41) is 9.18. The van der Waals surface area contributed by atoms with E-state index in [0.717, 1.165) is 42.8 Å². The maximum Gasteiger partial charge on any atom is 0.242 e. The summed E-state index contributed by atoms with van der Waals surface area (Å²) >= 11 is 0. The molecule has 1 aromatic heterocycles. The Morgan fingerprint density at radius 2 is 1.80 bits per heavy atom. The molecule has 2 rings (SSSR count). The highest BCUT2D eigenvalue weighted by atomic mass is 16.3. The van der Waals surface area contributed by atoms with Crippen LogP contribution in [0.15, 0.2) is 12.1 Å². The normalized spacial score (nSPS) is 11.2. The van der Waals surface area contributed by atoms with E-state index in [1.165, 1.54) is 11.1 Å². The molecular weight excluding hydrogens is 314 g/mol. The summed E-state index contributed by atoms with van der Waals surface area (Å²) < 4.78 is 2.04. The fraction of sp³-hybridized carbons (Fsp3) is 0.600. The largest absolute Gasteiger partial charge is 0.396 e. The highest BCUT2D eigenvalue weighted by Crippen LogP contribution is 2.22. The molecule has 0 aliphatic rings. The van der Waals surface area contributed by atoms with Gasteiger partial charge in [0.15, 0.2) is 0 Å². The Kier molecular flexibility index (Phi) is 7.00. The van der Waals surface area contributed by atoms with Crippen LogP contribution in [0.3, 0.4) is 0 Å². The monoisotopic (exact) mass is 345 g/mol. The number of hydrogen-bond acceptors (Lipinski definition) is 3. The van der Waals surface area contributed by atoms with Crippen LogP contribution in [-0.2, 0) is 17.8 Å². The lowest BCUT2D eigenvalue weighted by molar-refractivity contribution is -0.131. The van der Waals surface area contributed by atoms with E-state index in [1.807, 2.05) is 9.47 Å². The second-order valence-corrected chi connectivity index (χ2v) is 6.75. The van der Waals surface area contributed by atoms with Gasteiger partial charge < -0.3 is 14.6 Å². The van der Waals surface area contributed by atoms with Crippen LogP contribution in [0.5, 0.6) is 0 Å². The molecule has 25 heavy (non-hydrogen) atoms. The van der Waals surface area contributed by atoms with E-state index in [9.17, 15) is 9.90 Å². The van der Waals surface area contributed by atoms with E-state index in [-0.39, 0.29) is 12.5 Å². The van der Waals surface area contributed by atoms with E-state index < -0.39 is 0 Å². The molecule has 5 nitrogen and oxygen atoms in total. The second kappa shape index (κ2) is 8.99. The van der Waals surface area contributed by atoms with Gasteiger partial charge in [-0.3, -0.25) is 4.79 Å². The number of imidazole rings is 1. The van der Waals surface area contributed by atoms with E-state index in [0.29, 0.717) is 19.4 Å². The summed E-state index contributed by atoms with van der Waals surface area (Å²) in [4.78, 5) is 19.5. The van der Waals surface area contributed by atoms with Gasteiger partial charge in [0.25, 0.3) is 0 Å². The van der Waals surface area contributed by atoms with Crippen molar-refractivity contribution in [1.29, 1.82) is 0 Å². The summed E-state index contributed by atoms with van der Waals surface area (Å²) in [7, 11) is 0. The summed E-state index contributed by atoms with van der Waals surface area (Å²) in [5.41, 5.74) is 4.35. The fourth-order valence-corrected chi connectivity index (χ4v) is 3.17. The molecule has 1 heterocycles. The van der Waals surface area contributed by atoms with Gasteiger partial charge >= 0.3 is 0 Å². The topological polar surface area (TPSA) is 58.4 Å². The first-order valence-electron chi connectivity index (χ1n) is 9.36. The molecule has 0 aliphatic heterocycles. The van der Waals surface area contributed by atoms with Crippen molar-refractivity contribution in [1.82, 2.24) is 14.5 Å². The van der Waals surface area contributed by atoms with Gasteiger partial charge in [0, 0.05) is 26.1 Å². The van der Waals surface area contributed by atoms with E-state index in [4.69, 9.17) is 4.98 Å². The van der Waals surface area contributed by atoms with Crippen molar-refractivity contribution >= 4 is 16.9 Å². The third-order valence-corrected chi connectivity index (χ3v) is 4.63. The summed E-state index contributed by atoms with van der Waals surface area (Å²) in [6.07, 6.45) is 3.26. The standard InChI is InChI=1S/C20H31N3O2/c1-5-9-22(10-6-2)20(25)14-23-18-13-16(4)15(3)12-17(18)21-19(23)8-7-11-24/h12-13,24H,5-11,14H2,1-4H3. The number of benzene rings is 1. The molecular formula is C20H31N3O2. The van der Waals surface area contributed by atoms with Crippen molar-refractivity contribution in [3.8, 4) is 0 Å². The molecule has 0 radical (unpaired) electrons. The van der Waals surface area contributed by atoms with Crippen LogP contribution in [0.1, 0.15) is 50.1 Å². The number of carbonyl (C=O) groups excluding carboxylic acids is 1. The summed E-state index contributed by atoms with van der Waals surface area (Å²) in [6, 6.07) is 4.21. The number of aliphatic hydroxyl groups excluding tert-OH is 1. The van der Waals surface area contributed by atoms with Gasteiger partial charge in [-0.25, -0.2) is 4.98 Å². The zero-order chi connectivity index (χ0) is 18.4. The number of aryl methyl sites for hydroxylation is 3. The van der Waals surface area contributed by atoms with Gasteiger partial charge in [0.2, 0.25) is 5.91 Å². The molecule has 1 amide bonds. The van der Waals surface area contributed by atoms with Crippen LogP contribution in [0, 0.1) is 13.8 Å². The van der Waals surface area contributed by atoms with Crippen molar-refractivity contribution in [2.45, 2.75) is 59.9 Å². The van der Waals surface area contributed by atoms with Crippen molar-refractivity contribution in [2.24, 2.45) is 0 Å². The minimum atomic E-state index is 0.132. The molecule has 0 bridgehead atoms. The van der Waals surface area contributed by atoms with Gasteiger partial charge in [-0.2, -0.15) is 0 Å². The summed E-state index contributed by atoms with van der Waals surface area (Å²) in [6.45, 7) is 10.4. The maximum atomic E-state index is 12.8. The van der Waals surface area contributed by atoms with Gasteiger partial charge in [-0.1, -0.05) is 13.8 Å². The van der Waals surface area contributed by atoms with Crippen molar-refractivity contribution in [3.63, 3.8) is 0 Å². The van der Waals surface area contributed by atoms with E-state index >= 15 is 0 Å². The minimum absolute atomic E-state index is 0.132. The minimum Gasteiger partial charge on any atom is -0.396 e. The predicted molar refractivity (Wildman–Crippen MR) is 102 cm³/mol. The smallest absolute Gasteiger partial charge is 0.242 e. The van der Waals surface area contributed by atoms with Crippen molar-refractivity contribution < 1.29 is 9.90 Å². The number of hydrogen-bond donors (Lipinski definition) is 1. The number of fused-ring (bicyclic) bond motifs is 1. The number of amides is 1. The quantitative estimate of drug-likeness (QED) is 0.759. The van der Waals surface area contributed by atoms with Crippen LogP contribution in [0.4, 0.5) is 0 Å². The Morgan fingerprint density at radius 1 is 1.16 bits per heavy atom. The lowest BCUT2D eigenvalue weighted by Gasteiger charge is -2.22. The fourth-order valence-electron chi connectivity index (χ4n) is 3.17. The van der Waals surface area contributed by atoms with Gasteiger partial charge in [0.1, 0.15) is 12.4 Å². The molecule has 1 N–H and O–H groups in total. The molecule has 0 aliphatic carbocycles. The molecule has 138 valence electrons. The molecule has 0 saturated heterocycles. The summed E-state index contributed by atoms with van der Waals surface area (Å²) in [5.74, 6) is 1.03. The number of carbonyl (C=O) groups is 1. The molecule has 0 fully saturated rings. The van der Waals surface area contributed by atoms with Crippen LogP contribution >= 0.6 is 0 Å². The van der Waals surface area contributed by atoms with E-state index in [1.54, 1.807) is 0 Å². The Labute approximate surface area is 150 Å². The first-order chi connectivity index (χ1) is 12.0. The third kappa shape index (κ3) is 4.60. The SMILES string of the molecule is CCCN(CCC)C(=O)Cn1c(CCCO)nc2cc(C)c(C)cc21. The van der Waals surface area contributed by atoms with Gasteiger partial charge in [-0.05, 0) is 56.4 Å². The first kappa shape index (κ1) is 19.4. The Hall–Kier alpha value is -1.88. The third-order valence-electron chi connectivity index (χ3n) is 4.63. The molecule has 0 spiro atoms. The van der Waals surface area contributed by atoms with Crippen LogP contribution in [0.25, 0.3) is 11.0 Å². The van der Waals surface area contributed by atoms with Crippen LogP contribution in [0.2, 0.25) is 0 Å². The highest BCUT2D eigenvalue weighted by molar-refractivity contribution is 5.82. The average molecular weight is 345 g/mol. The molecule has 0 saturated carbocycles. The maximum absolute atomic E-state index is 12.8. The Bertz CT molecular complexity index is 715. The molecule has 2 aromatic rings. The van der Waals surface area contributed by atoms with Crippen LogP contribution < -0.4 is 0 Å². The lowest BCUT2D eigenvalue weighted by atomic mass is 10.1.